The van der Waals surface area contributed by atoms with Gasteiger partial charge in [0, 0.05) is 36.1 Å². The molecule has 0 radical (unpaired) electrons. The van der Waals surface area contributed by atoms with Crippen molar-refractivity contribution in [3.8, 4) is 0 Å². The van der Waals surface area contributed by atoms with E-state index in [2.05, 4.69) is 60.8 Å². The molecule has 1 aliphatic heterocycles. The van der Waals surface area contributed by atoms with Crippen molar-refractivity contribution in [1.29, 1.82) is 0 Å². The van der Waals surface area contributed by atoms with Crippen LogP contribution in [-0.4, -0.2) is 35.1 Å². The molecule has 1 aliphatic rings. The van der Waals surface area contributed by atoms with Gasteiger partial charge in [0.05, 0.1) is 0 Å². The highest BCUT2D eigenvalue weighted by Crippen LogP contribution is 2.36. The molecule has 1 saturated heterocycles. The maximum absolute atomic E-state index is 6.21. The van der Waals surface area contributed by atoms with Gasteiger partial charge in [0.25, 0.3) is 0 Å². The summed E-state index contributed by atoms with van der Waals surface area (Å²) < 4.78 is 2.25. The van der Waals surface area contributed by atoms with E-state index in [4.69, 9.17) is 5.73 Å². The molecule has 0 amide bonds. The van der Waals surface area contributed by atoms with Crippen LogP contribution in [0.15, 0.2) is 30.5 Å². The summed E-state index contributed by atoms with van der Waals surface area (Å²) in [5.74, 6) is 1.20. The maximum atomic E-state index is 6.21. The summed E-state index contributed by atoms with van der Waals surface area (Å²) in [7, 11) is 2.14. The van der Waals surface area contributed by atoms with Gasteiger partial charge in [-0.25, -0.2) is 0 Å². The predicted molar refractivity (Wildman–Crippen MR) is 94.1 cm³/mol. The second kappa shape index (κ2) is 6.43. The summed E-state index contributed by atoms with van der Waals surface area (Å²) in [4.78, 5) is 2.59. The lowest BCUT2D eigenvalue weighted by atomic mass is 9.80. The number of hydrogen-bond acceptors (Lipinski definition) is 2. The van der Waals surface area contributed by atoms with Gasteiger partial charge in [0.1, 0.15) is 0 Å². The molecule has 1 aromatic carbocycles. The first-order valence-electron chi connectivity index (χ1n) is 8.60. The highest BCUT2D eigenvalue weighted by Gasteiger charge is 2.29. The highest BCUT2D eigenvalue weighted by molar-refractivity contribution is 5.84. The van der Waals surface area contributed by atoms with E-state index in [1.54, 1.807) is 0 Å². The van der Waals surface area contributed by atoms with Crippen molar-refractivity contribution in [3.05, 3.63) is 36.0 Å². The number of aryl methyl sites for hydroxylation is 1. The molecule has 3 nitrogen and oxygen atoms in total. The molecule has 1 unspecified atom stereocenters. The zero-order valence-electron chi connectivity index (χ0n) is 14.1. The quantitative estimate of drug-likeness (QED) is 0.939. The van der Waals surface area contributed by atoms with Gasteiger partial charge in [-0.2, -0.15) is 0 Å². The number of fused-ring (bicyclic) bond motifs is 1. The van der Waals surface area contributed by atoms with Gasteiger partial charge >= 0.3 is 0 Å². The first kappa shape index (κ1) is 15.6. The maximum Gasteiger partial charge on any atom is 0.0480 e. The third-order valence-electron chi connectivity index (χ3n) is 5.45. The van der Waals surface area contributed by atoms with Gasteiger partial charge in [0.15, 0.2) is 0 Å². The number of nitrogens with zero attached hydrogens (tertiary/aromatic N) is 2. The van der Waals surface area contributed by atoms with Crippen LogP contribution in [0.3, 0.4) is 0 Å². The predicted octanol–water partition coefficient (Wildman–Crippen LogP) is 3.34. The third-order valence-corrected chi connectivity index (χ3v) is 5.45. The van der Waals surface area contributed by atoms with E-state index in [9.17, 15) is 0 Å². The van der Waals surface area contributed by atoms with Crippen LogP contribution in [0.4, 0.5) is 0 Å². The molecule has 3 heteroatoms. The van der Waals surface area contributed by atoms with Crippen LogP contribution in [-0.2, 0) is 7.05 Å². The van der Waals surface area contributed by atoms with Crippen LogP contribution in [0.25, 0.3) is 10.9 Å². The summed E-state index contributed by atoms with van der Waals surface area (Å²) in [6.45, 7) is 7.77. The third kappa shape index (κ3) is 2.80. The Balaban J connectivity index is 1.85. The fraction of sp³-hybridized carbons (Fsp3) is 0.579. The van der Waals surface area contributed by atoms with Gasteiger partial charge in [0.2, 0.25) is 0 Å². The molecule has 2 heterocycles. The second-order valence-corrected chi connectivity index (χ2v) is 7.02. The topological polar surface area (TPSA) is 34.2 Å². The second-order valence-electron chi connectivity index (χ2n) is 7.02. The van der Waals surface area contributed by atoms with Crippen molar-refractivity contribution in [2.45, 2.75) is 38.6 Å². The van der Waals surface area contributed by atoms with Crippen molar-refractivity contribution < 1.29 is 0 Å². The number of benzene rings is 1. The smallest absolute Gasteiger partial charge is 0.0480 e. The van der Waals surface area contributed by atoms with Crippen molar-refractivity contribution >= 4 is 10.9 Å². The Morgan fingerprint density at radius 3 is 2.50 bits per heavy atom. The summed E-state index contributed by atoms with van der Waals surface area (Å²) in [5.41, 5.74) is 8.97. The summed E-state index contributed by atoms with van der Waals surface area (Å²) in [6.07, 6.45) is 4.84. The van der Waals surface area contributed by atoms with E-state index in [0.29, 0.717) is 17.9 Å². The summed E-state index contributed by atoms with van der Waals surface area (Å²) in [6, 6.07) is 9.37. The minimum Gasteiger partial charge on any atom is -0.350 e. The van der Waals surface area contributed by atoms with E-state index in [-0.39, 0.29) is 0 Å². The largest absolute Gasteiger partial charge is 0.350 e. The molecule has 1 atom stereocenters. The van der Waals surface area contributed by atoms with Crippen molar-refractivity contribution in [2.24, 2.45) is 18.7 Å². The van der Waals surface area contributed by atoms with E-state index in [0.717, 1.165) is 6.54 Å². The molecular formula is C19H29N3. The van der Waals surface area contributed by atoms with Crippen LogP contribution in [0.5, 0.6) is 0 Å². The Hall–Kier alpha value is -1.32. The minimum absolute atomic E-state index is 0.486. The zero-order valence-corrected chi connectivity index (χ0v) is 14.1. The number of para-hydroxylation sites is 1. The van der Waals surface area contributed by atoms with Gasteiger partial charge in [-0.1, -0.05) is 18.2 Å². The fourth-order valence-corrected chi connectivity index (χ4v) is 4.08. The Labute approximate surface area is 134 Å². The van der Waals surface area contributed by atoms with E-state index < -0.39 is 0 Å². The normalized spacial score (nSPS) is 19.1. The molecule has 2 N–H and O–H groups in total. The molecule has 3 rings (SSSR count). The first-order chi connectivity index (χ1) is 10.6. The average molecular weight is 299 g/mol. The number of rotatable bonds is 4. The molecule has 0 saturated carbocycles. The van der Waals surface area contributed by atoms with Crippen molar-refractivity contribution in [2.75, 3.05) is 19.6 Å². The zero-order chi connectivity index (χ0) is 15.7. The number of aromatic nitrogens is 1. The van der Waals surface area contributed by atoms with E-state index in [1.807, 2.05) is 0 Å². The lowest BCUT2D eigenvalue weighted by molar-refractivity contribution is 0.138. The number of piperidine rings is 1. The van der Waals surface area contributed by atoms with E-state index in [1.165, 1.54) is 42.4 Å². The Morgan fingerprint density at radius 1 is 1.18 bits per heavy atom. The van der Waals surface area contributed by atoms with Gasteiger partial charge in [-0.15, -0.1) is 0 Å². The average Bonchev–Trinajstić information content (AvgIpc) is 2.86. The van der Waals surface area contributed by atoms with Crippen molar-refractivity contribution in [1.82, 2.24) is 9.47 Å². The number of likely N-dealkylation sites (tertiary alicyclic amines) is 1. The molecule has 1 fully saturated rings. The van der Waals surface area contributed by atoms with Crippen molar-refractivity contribution in [3.63, 3.8) is 0 Å². The first-order valence-corrected chi connectivity index (χ1v) is 8.60. The Morgan fingerprint density at radius 2 is 1.86 bits per heavy atom. The summed E-state index contributed by atoms with van der Waals surface area (Å²) >= 11 is 0. The molecular weight excluding hydrogens is 270 g/mol. The molecule has 120 valence electrons. The molecule has 2 aromatic rings. The lowest BCUT2D eigenvalue weighted by Crippen LogP contribution is -2.40. The van der Waals surface area contributed by atoms with Gasteiger partial charge < -0.3 is 15.2 Å². The Kier molecular flexibility index (Phi) is 4.55. The SMILES string of the molecule is CC(C)N1CCC(C(CN)c2cn(C)c3ccccc23)CC1. The van der Waals surface area contributed by atoms with E-state index >= 15 is 0 Å². The standard InChI is InChI=1S/C19H29N3/c1-14(2)22-10-8-15(9-11-22)17(12-20)18-13-21(3)19-7-5-4-6-16(18)19/h4-7,13-15,17H,8-12,20H2,1-3H3. The van der Waals surface area contributed by atoms with Crippen LogP contribution in [0.1, 0.15) is 38.2 Å². The summed E-state index contributed by atoms with van der Waals surface area (Å²) in [5, 5.41) is 1.38. The molecule has 0 bridgehead atoms. The molecule has 22 heavy (non-hydrogen) atoms. The van der Waals surface area contributed by atoms with Gasteiger partial charge in [-0.05, 0) is 63.9 Å². The molecule has 1 aromatic heterocycles. The molecule has 0 spiro atoms. The Bertz CT molecular complexity index is 621. The van der Waals surface area contributed by atoms with Gasteiger partial charge in [-0.3, -0.25) is 0 Å². The van der Waals surface area contributed by atoms with Crippen LogP contribution < -0.4 is 5.73 Å². The molecule has 0 aliphatic carbocycles. The lowest BCUT2D eigenvalue weighted by Gasteiger charge is -2.37. The minimum atomic E-state index is 0.486. The fourth-order valence-electron chi connectivity index (χ4n) is 4.08. The number of hydrogen-bond donors (Lipinski definition) is 1. The van der Waals surface area contributed by atoms with Crippen LogP contribution >= 0.6 is 0 Å². The van der Waals surface area contributed by atoms with Crippen LogP contribution in [0, 0.1) is 5.92 Å². The monoisotopic (exact) mass is 299 g/mol. The highest BCUT2D eigenvalue weighted by atomic mass is 15.1. The van der Waals surface area contributed by atoms with Crippen LogP contribution in [0.2, 0.25) is 0 Å². The number of nitrogens with two attached hydrogens (primary N) is 1.